The molecule has 0 unspecified atom stereocenters. The van der Waals surface area contributed by atoms with Gasteiger partial charge in [-0.05, 0) is 42.4 Å². The van der Waals surface area contributed by atoms with E-state index in [0.717, 1.165) is 6.54 Å². The van der Waals surface area contributed by atoms with E-state index in [2.05, 4.69) is 91.5 Å². The molecule has 2 aromatic carbocycles. The molecule has 0 heterocycles. The fourth-order valence-corrected chi connectivity index (χ4v) is 2.69. The summed E-state index contributed by atoms with van der Waals surface area (Å²) in [6.07, 6.45) is 7.60. The summed E-state index contributed by atoms with van der Waals surface area (Å²) in [5, 5.41) is 15.6. The highest BCUT2D eigenvalue weighted by atomic mass is 16.4. The number of hydrogen-bond acceptors (Lipinski definition) is 3. The Balaban J connectivity index is 0.000000321. The van der Waals surface area contributed by atoms with E-state index in [1.54, 1.807) is 0 Å². The lowest BCUT2D eigenvalue weighted by Crippen LogP contribution is -2.10. The van der Waals surface area contributed by atoms with Crippen LogP contribution in [-0.4, -0.2) is 47.7 Å². The van der Waals surface area contributed by atoms with E-state index in [1.807, 2.05) is 0 Å². The van der Waals surface area contributed by atoms with Crippen molar-refractivity contribution in [1.29, 1.82) is 0 Å². The summed E-state index contributed by atoms with van der Waals surface area (Å²) < 4.78 is 0. The molecule has 0 atom stereocenters. The SMILES string of the molecule is CN(C)CC=C=C1c2ccccc2C=Cc2ccccc21.O=C(O)/C=C\C(=O)O. The van der Waals surface area contributed by atoms with Gasteiger partial charge in [0.25, 0.3) is 0 Å². The Hall–Kier alpha value is -3.66. The molecule has 5 heteroatoms. The molecule has 3 rings (SSSR count). The number of benzene rings is 2. The Labute approximate surface area is 170 Å². The highest BCUT2D eigenvalue weighted by Gasteiger charge is 2.13. The third-order valence-corrected chi connectivity index (χ3v) is 3.97. The second kappa shape index (κ2) is 10.6. The van der Waals surface area contributed by atoms with Gasteiger partial charge in [0, 0.05) is 24.3 Å². The van der Waals surface area contributed by atoms with E-state index in [1.165, 1.54) is 27.8 Å². The Kier molecular flexibility index (Phi) is 7.92. The minimum atomic E-state index is -1.26. The molecule has 5 nitrogen and oxygen atoms in total. The highest BCUT2D eigenvalue weighted by molar-refractivity contribution is 5.93. The van der Waals surface area contributed by atoms with Gasteiger partial charge in [0.15, 0.2) is 0 Å². The van der Waals surface area contributed by atoms with Crippen LogP contribution in [0.2, 0.25) is 0 Å². The lowest BCUT2D eigenvalue weighted by molar-refractivity contribution is -0.134. The monoisotopic (exact) mass is 389 g/mol. The van der Waals surface area contributed by atoms with Crippen LogP contribution in [0.25, 0.3) is 17.7 Å². The first kappa shape index (κ1) is 21.6. The molecule has 0 radical (unpaired) electrons. The first-order chi connectivity index (χ1) is 13.9. The van der Waals surface area contributed by atoms with Crippen LogP contribution in [0.3, 0.4) is 0 Å². The van der Waals surface area contributed by atoms with Gasteiger partial charge in [0.2, 0.25) is 0 Å². The quantitative estimate of drug-likeness (QED) is 0.520. The van der Waals surface area contributed by atoms with E-state index in [0.29, 0.717) is 12.2 Å². The van der Waals surface area contributed by atoms with Crippen molar-refractivity contribution in [2.45, 2.75) is 0 Å². The maximum atomic E-state index is 9.55. The summed E-state index contributed by atoms with van der Waals surface area (Å²) in [6, 6.07) is 17.0. The van der Waals surface area contributed by atoms with Crippen LogP contribution >= 0.6 is 0 Å². The van der Waals surface area contributed by atoms with E-state index in [9.17, 15) is 9.59 Å². The van der Waals surface area contributed by atoms with Crippen molar-refractivity contribution in [3.63, 3.8) is 0 Å². The van der Waals surface area contributed by atoms with E-state index in [4.69, 9.17) is 10.2 Å². The van der Waals surface area contributed by atoms with Crippen LogP contribution in [0.5, 0.6) is 0 Å². The van der Waals surface area contributed by atoms with Gasteiger partial charge >= 0.3 is 11.9 Å². The zero-order valence-corrected chi connectivity index (χ0v) is 16.4. The topological polar surface area (TPSA) is 77.8 Å². The number of carboxylic acid groups (broad SMARTS) is 2. The number of aliphatic carboxylic acids is 2. The molecule has 2 N–H and O–H groups in total. The number of rotatable bonds is 4. The number of likely N-dealkylation sites (N-methyl/N-ethyl adjacent to an activating group) is 1. The normalized spacial score (nSPS) is 11.6. The van der Waals surface area contributed by atoms with Crippen LogP contribution in [0.1, 0.15) is 22.3 Å². The fraction of sp³-hybridized carbons (Fsp3) is 0.125. The minimum absolute atomic E-state index is 0.558. The number of carboxylic acids is 2. The van der Waals surface area contributed by atoms with Crippen LogP contribution in [0.15, 0.2) is 72.5 Å². The number of nitrogens with zero attached hydrogens (tertiary/aromatic N) is 1. The predicted molar refractivity (Wildman–Crippen MR) is 115 cm³/mol. The van der Waals surface area contributed by atoms with Crippen molar-refractivity contribution in [1.82, 2.24) is 4.90 Å². The van der Waals surface area contributed by atoms with Gasteiger partial charge in [0.05, 0.1) is 0 Å². The minimum Gasteiger partial charge on any atom is -0.478 e. The first-order valence-corrected chi connectivity index (χ1v) is 8.99. The van der Waals surface area contributed by atoms with Gasteiger partial charge in [-0.2, -0.15) is 0 Å². The first-order valence-electron chi connectivity index (χ1n) is 8.99. The summed E-state index contributed by atoms with van der Waals surface area (Å²) >= 11 is 0. The van der Waals surface area contributed by atoms with Gasteiger partial charge in [-0.3, -0.25) is 0 Å². The van der Waals surface area contributed by atoms with Crippen LogP contribution in [0, 0.1) is 0 Å². The predicted octanol–water partition coefficient (Wildman–Crippen LogP) is 4.03. The Morgan fingerprint density at radius 3 is 1.72 bits per heavy atom. The van der Waals surface area contributed by atoms with Crippen molar-refractivity contribution in [3.8, 4) is 0 Å². The molecule has 29 heavy (non-hydrogen) atoms. The molecular weight excluding hydrogens is 366 g/mol. The Bertz CT molecular complexity index is 942. The zero-order valence-electron chi connectivity index (χ0n) is 16.4. The Morgan fingerprint density at radius 2 is 1.31 bits per heavy atom. The second-order valence-corrected chi connectivity index (χ2v) is 6.50. The molecule has 0 aliphatic heterocycles. The molecule has 1 aliphatic rings. The summed E-state index contributed by atoms with van der Waals surface area (Å²) in [5.41, 5.74) is 9.67. The average Bonchev–Trinajstić information content (AvgIpc) is 2.84. The molecule has 0 saturated heterocycles. The van der Waals surface area contributed by atoms with Crippen molar-refractivity contribution in [2.75, 3.05) is 20.6 Å². The molecule has 0 spiro atoms. The van der Waals surface area contributed by atoms with Crippen LogP contribution < -0.4 is 0 Å². The van der Waals surface area contributed by atoms with E-state index >= 15 is 0 Å². The maximum Gasteiger partial charge on any atom is 0.328 e. The summed E-state index contributed by atoms with van der Waals surface area (Å²) in [6.45, 7) is 0.890. The molecule has 0 bridgehead atoms. The fourth-order valence-electron chi connectivity index (χ4n) is 2.69. The number of fused-ring (bicyclic) bond motifs is 2. The van der Waals surface area contributed by atoms with Crippen LogP contribution in [-0.2, 0) is 9.59 Å². The van der Waals surface area contributed by atoms with Gasteiger partial charge in [-0.25, -0.2) is 9.59 Å². The van der Waals surface area contributed by atoms with Crippen LogP contribution in [0.4, 0.5) is 0 Å². The van der Waals surface area contributed by atoms with E-state index in [-0.39, 0.29) is 0 Å². The molecule has 148 valence electrons. The standard InChI is InChI=1S/C20H19N.C4H4O4/c1-21(2)15-7-12-20-18-10-5-3-8-16(18)13-14-17-9-4-6-11-19(17)20;5-3(6)1-2-4(7)8/h3-11,13-14H,15H2,1-2H3;1-2H,(H,5,6)(H,7,8)/b;2-1-. The smallest absolute Gasteiger partial charge is 0.328 e. The van der Waals surface area contributed by atoms with Gasteiger partial charge in [0.1, 0.15) is 0 Å². The summed E-state index contributed by atoms with van der Waals surface area (Å²) in [7, 11) is 4.14. The molecule has 2 aromatic rings. The summed E-state index contributed by atoms with van der Waals surface area (Å²) in [5.74, 6) is -2.51. The van der Waals surface area contributed by atoms with Gasteiger partial charge < -0.3 is 15.1 Å². The molecule has 0 aromatic heterocycles. The maximum absolute atomic E-state index is 9.55. The Morgan fingerprint density at radius 1 is 0.862 bits per heavy atom. The largest absolute Gasteiger partial charge is 0.478 e. The number of carbonyl (C=O) groups is 2. The number of hydrogen-bond donors (Lipinski definition) is 2. The molecule has 0 fully saturated rings. The van der Waals surface area contributed by atoms with Crippen molar-refractivity contribution < 1.29 is 19.8 Å². The second-order valence-electron chi connectivity index (χ2n) is 6.50. The summed E-state index contributed by atoms with van der Waals surface area (Å²) in [4.78, 5) is 21.2. The third kappa shape index (κ3) is 6.78. The van der Waals surface area contributed by atoms with Gasteiger partial charge in [-0.15, -0.1) is 5.73 Å². The molecule has 1 aliphatic carbocycles. The zero-order chi connectivity index (χ0) is 21.2. The highest BCUT2D eigenvalue weighted by Crippen LogP contribution is 2.32. The molecule has 0 amide bonds. The molecule has 0 saturated carbocycles. The lowest BCUT2D eigenvalue weighted by atomic mass is 9.94. The molecular formula is C24H23NO4. The van der Waals surface area contributed by atoms with Crippen molar-refractivity contribution in [2.24, 2.45) is 0 Å². The van der Waals surface area contributed by atoms with Crippen molar-refractivity contribution >= 4 is 29.7 Å². The average molecular weight is 389 g/mol. The van der Waals surface area contributed by atoms with Crippen molar-refractivity contribution in [3.05, 3.63) is 94.7 Å². The van der Waals surface area contributed by atoms with Gasteiger partial charge in [-0.1, -0.05) is 60.7 Å². The third-order valence-electron chi connectivity index (χ3n) is 3.97. The van der Waals surface area contributed by atoms with E-state index < -0.39 is 11.9 Å². The lowest BCUT2D eigenvalue weighted by Gasteiger charge is -2.09.